The summed E-state index contributed by atoms with van der Waals surface area (Å²) in [5, 5.41) is 6.96. The quantitative estimate of drug-likeness (QED) is 0.923. The smallest absolute Gasteiger partial charge is 0.272 e. The second-order valence-corrected chi connectivity index (χ2v) is 7.91. The molecule has 0 bridgehead atoms. The summed E-state index contributed by atoms with van der Waals surface area (Å²) in [5.74, 6) is -0.00402. The van der Waals surface area contributed by atoms with Gasteiger partial charge >= 0.3 is 0 Å². The number of nitrogens with one attached hydrogen (secondary N) is 1. The summed E-state index contributed by atoms with van der Waals surface area (Å²) in [7, 11) is -3.02. The summed E-state index contributed by atoms with van der Waals surface area (Å²) in [6.45, 7) is 2.33. The molecule has 1 aromatic carbocycles. The fourth-order valence-electron chi connectivity index (χ4n) is 2.93. The van der Waals surface area contributed by atoms with Crippen LogP contribution in [0, 0.1) is 0 Å². The van der Waals surface area contributed by atoms with Gasteiger partial charge in [-0.3, -0.25) is 9.89 Å². The van der Waals surface area contributed by atoms with Gasteiger partial charge in [0.25, 0.3) is 5.91 Å². The molecule has 0 radical (unpaired) electrons. The zero-order valence-electron chi connectivity index (χ0n) is 12.9. The van der Waals surface area contributed by atoms with Crippen molar-refractivity contribution >= 4 is 15.7 Å². The molecule has 1 aliphatic rings. The third-order valence-electron chi connectivity index (χ3n) is 4.13. The first kappa shape index (κ1) is 15.7. The highest BCUT2D eigenvalue weighted by Crippen LogP contribution is 2.21. The monoisotopic (exact) mass is 333 g/mol. The standard InChI is InChI=1S/C16H19N3O3S/c1-2-19(13-8-9-23(21,22)11-13)16(20)15-10-14(17-18-15)12-6-4-3-5-7-12/h3-7,10,13H,2,8-9,11H2,1H3,(H,17,18)/t13-/m1/s1. The van der Waals surface area contributed by atoms with Crippen molar-refractivity contribution in [3.05, 3.63) is 42.1 Å². The minimum absolute atomic E-state index is 0.0479. The van der Waals surface area contributed by atoms with E-state index in [1.807, 2.05) is 37.3 Å². The predicted molar refractivity (Wildman–Crippen MR) is 87.8 cm³/mol. The van der Waals surface area contributed by atoms with Crippen molar-refractivity contribution in [2.75, 3.05) is 18.1 Å². The summed E-state index contributed by atoms with van der Waals surface area (Å²) in [6, 6.07) is 11.0. The van der Waals surface area contributed by atoms with Gasteiger partial charge in [0.2, 0.25) is 0 Å². The van der Waals surface area contributed by atoms with Crippen LogP contribution in [0.2, 0.25) is 0 Å². The molecule has 1 N–H and O–H groups in total. The van der Waals surface area contributed by atoms with Crippen molar-refractivity contribution in [1.29, 1.82) is 0 Å². The van der Waals surface area contributed by atoms with Gasteiger partial charge in [0.15, 0.2) is 9.84 Å². The molecule has 1 aliphatic heterocycles. The maximum atomic E-state index is 12.7. The number of benzene rings is 1. The van der Waals surface area contributed by atoms with E-state index in [1.54, 1.807) is 11.0 Å². The van der Waals surface area contributed by atoms with Crippen LogP contribution in [0.25, 0.3) is 11.3 Å². The summed E-state index contributed by atoms with van der Waals surface area (Å²) in [4.78, 5) is 14.3. The molecule has 0 unspecified atom stereocenters. The summed E-state index contributed by atoms with van der Waals surface area (Å²) in [5.41, 5.74) is 2.01. The number of hydrogen-bond donors (Lipinski definition) is 1. The van der Waals surface area contributed by atoms with E-state index >= 15 is 0 Å². The van der Waals surface area contributed by atoms with Crippen molar-refractivity contribution in [2.24, 2.45) is 0 Å². The first-order valence-corrected chi connectivity index (χ1v) is 9.44. The SMILES string of the molecule is CCN(C(=O)c1cc(-c2ccccc2)n[nH]1)[C@@H]1CCS(=O)(=O)C1. The number of H-pyrrole nitrogens is 1. The molecule has 0 spiro atoms. The first-order valence-electron chi connectivity index (χ1n) is 7.62. The molecule has 7 heteroatoms. The molecule has 1 saturated heterocycles. The van der Waals surface area contributed by atoms with Gasteiger partial charge in [0, 0.05) is 18.2 Å². The predicted octanol–water partition coefficient (Wildman–Crippen LogP) is 1.73. The van der Waals surface area contributed by atoms with Crippen LogP contribution in [0.5, 0.6) is 0 Å². The van der Waals surface area contributed by atoms with Gasteiger partial charge < -0.3 is 4.90 Å². The second-order valence-electron chi connectivity index (χ2n) is 5.68. The molecular formula is C16H19N3O3S. The lowest BCUT2D eigenvalue weighted by Crippen LogP contribution is -2.41. The van der Waals surface area contributed by atoms with Crippen LogP contribution in [0.15, 0.2) is 36.4 Å². The van der Waals surface area contributed by atoms with Crippen LogP contribution in [0.3, 0.4) is 0 Å². The highest BCUT2D eigenvalue weighted by Gasteiger charge is 2.34. The van der Waals surface area contributed by atoms with Crippen LogP contribution >= 0.6 is 0 Å². The molecule has 2 heterocycles. The van der Waals surface area contributed by atoms with Crippen molar-refractivity contribution in [2.45, 2.75) is 19.4 Å². The summed E-state index contributed by atoms with van der Waals surface area (Å²) < 4.78 is 23.3. The Balaban J connectivity index is 1.81. The molecule has 122 valence electrons. The van der Waals surface area contributed by atoms with Crippen LogP contribution in [-0.2, 0) is 9.84 Å². The number of aromatic nitrogens is 2. The summed E-state index contributed by atoms with van der Waals surface area (Å²) >= 11 is 0. The third-order valence-corrected chi connectivity index (χ3v) is 5.88. The maximum Gasteiger partial charge on any atom is 0.272 e. The van der Waals surface area contributed by atoms with Crippen molar-refractivity contribution < 1.29 is 13.2 Å². The Morgan fingerprint density at radius 2 is 2.09 bits per heavy atom. The number of carbonyl (C=O) groups excluding carboxylic acids is 1. The average molecular weight is 333 g/mol. The Bertz CT molecular complexity index is 799. The average Bonchev–Trinajstić information content (AvgIpc) is 3.16. The van der Waals surface area contributed by atoms with E-state index in [-0.39, 0.29) is 23.5 Å². The van der Waals surface area contributed by atoms with Crippen LogP contribution in [-0.4, -0.2) is 53.5 Å². The van der Waals surface area contributed by atoms with E-state index in [1.165, 1.54) is 0 Å². The van der Waals surface area contributed by atoms with Gasteiger partial charge in [-0.1, -0.05) is 30.3 Å². The summed E-state index contributed by atoms with van der Waals surface area (Å²) in [6.07, 6.45) is 0.502. The van der Waals surface area contributed by atoms with Crippen LogP contribution in [0.1, 0.15) is 23.8 Å². The van der Waals surface area contributed by atoms with E-state index in [0.29, 0.717) is 24.4 Å². The number of amides is 1. The lowest BCUT2D eigenvalue weighted by atomic mass is 10.1. The van der Waals surface area contributed by atoms with Crippen molar-refractivity contribution in [1.82, 2.24) is 15.1 Å². The molecule has 1 fully saturated rings. The largest absolute Gasteiger partial charge is 0.334 e. The van der Waals surface area contributed by atoms with E-state index in [4.69, 9.17) is 0 Å². The molecule has 2 aromatic rings. The Morgan fingerprint density at radius 3 is 2.70 bits per heavy atom. The molecule has 1 amide bonds. The highest BCUT2D eigenvalue weighted by molar-refractivity contribution is 7.91. The number of rotatable bonds is 4. The van der Waals surface area contributed by atoms with E-state index < -0.39 is 9.84 Å². The van der Waals surface area contributed by atoms with Gasteiger partial charge in [-0.25, -0.2) is 8.42 Å². The second kappa shape index (κ2) is 6.16. The number of sulfone groups is 1. The van der Waals surface area contributed by atoms with Crippen LogP contribution < -0.4 is 0 Å². The van der Waals surface area contributed by atoms with Gasteiger partial charge in [-0.15, -0.1) is 0 Å². The molecule has 1 aromatic heterocycles. The van der Waals surface area contributed by atoms with Crippen molar-refractivity contribution in [3.8, 4) is 11.3 Å². The number of aromatic amines is 1. The molecule has 3 rings (SSSR count). The first-order chi connectivity index (χ1) is 11.0. The fourth-order valence-corrected chi connectivity index (χ4v) is 4.66. The van der Waals surface area contributed by atoms with Gasteiger partial charge in [0.1, 0.15) is 5.69 Å². The fraction of sp³-hybridized carbons (Fsp3) is 0.375. The van der Waals surface area contributed by atoms with E-state index in [2.05, 4.69) is 10.2 Å². The molecule has 23 heavy (non-hydrogen) atoms. The normalized spacial score (nSPS) is 19.6. The number of carbonyl (C=O) groups is 1. The van der Waals surface area contributed by atoms with Crippen molar-refractivity contribution in [3.63, 3.8) is 0 Å². The van der Waals surface area contributed by atoms with E-state index in [0.717, 1.165) is 5.56 Å². The minimum Gasteiger partial charge on any atom is -0.334 e. The van der Waals surface area contributed by atoms with E-state index in [9.17, 15) is 13.2 Å². The van der Waals surface area contributed by atoms with Gasteiger partial charge in [0.05, 0.1) is 17.2 Å². The van der Waals surface area contributed by atoms with Crippen LogP contribution in [0.4, 0.5) is 0 Å². The number of nitrogens with zero attached hydrogens (tertiary/aromatic N) is 2. The minimum atomic E-state index is -3.02. The maximum absolute atomic E-state index is 12.7. The Kier molecular flexibility index (Phi) is 4.21. The lowest BCUT2D eigenvalue weighted by Gasteiger charge is -2.26. The Labute approximate surface area is 135 Å². The third kappa shape index (κ3) is 3.29. The zero-order valence-corrected chi connectivity index (χ0v) is 13.7. The highest BCUT2D eigenvalue weighted by atomic mass is 32.2. The number of hydrogen-bond acceptors (Lipinski definition) is 4. The van der Waals surface area contributed by atoms with Gasteiger partial charge in [-0.05, 0) is 19.4 Å². The molecule has 0 saturated carbocycles. The molecular weight excluding hydrogens is 314 g/mol. The molecule has 0 aliphatic carbocycles. The Morgan fingerprint density at radius 1 is 1.35 bits per heavy atom. The lowest BCUT2D eigenvalue weighted by molar-refractivity contribution is 0.0702. The molecule has 1 atom stereocenters. The molecule has 6 nitrogen and oxygen atoms in total. The zero-order chi connectivity index (χ0) is 16.4. The Hall–Kier alpha value is -2.15. The van der Waals surface area contributed by atoms with Gasteiger partial charge in [-0.2, -0.15) is 5.10 Å². The topological polar surface area (TPSA) is 83.1 Å².